The van der Waals surface area contributed by atoms with Gasteiger partial charge >= 0.3 is 0 Å². The summed E-state index contributed by atoms with van der Waals surface area (Å²) in [5.74, 6) is 1.04. The first-order valence-corrected chi connectivity index (χ1v) is 7.78. The molecule has 20 heavy (non-hydrogen) atoms. The van der Waals surface area contributed by atoms with E-state index in [1.807, 2.05) is 17.9 Å². The van der Waals surface area contributed by atoms with Gasteiger partial charge in [-0.25, -0.2) is 4.98 Å². The maximum Gasteiger partial charge on any atom is 0.244 e. The van der Waals surface area contributed by atoms with E-state index < -0.39 is 0 Å². The predicted octanol–water partition coefficient (Wildman–Crippen LogP) is 2.38. The molecule has 0 spiro atoms. The third-order valence-corrected chi connectivity index (χ3v) is 4.33. The molecule has 4 heteroatoms. The van der Waals surface area contributed by atoms with Crippen molar-refractivity contribution in [1.29, 1.82) is 0 Å². The van der Waals surface area contributed by atoms with Crippen LogP contribution in [0.25, 0.3) is 0 Å². The lowest BCUT2D eigenvalue weighted by molar-refractivity contribution is -0.132. The van der Waals surface area contributed by atoms with Gasteiger partial charge in [0.2, 0.25) is 5.91 Å². The molecule has 1 amide bonds. The summed E-state index contributed by atoms with van der Waals surface area (Å²) in [7, 11) is 0. The zero-order chi connectivity index (χ0) is 13.9. The fraction of sp³-hybridized carbons (Fsp3) is 0.625. The molecular weight excluding hydrogens is 250 g/mol. The Hall–Kier alpha value is -1.58. The summed E-state index contributed by atoms with van der Waals surface area (Å²) in [4.78, 5) is 19.0. The number of hydrogen-bond donors (Lipinski definition) is 1. The summed E-state index contributed by atoms with van der Waals surface area (Å²) in [6, 6.07) is 3.96. The second kappa shape index (κ2) is 5.81. The molecule has 1 fully saturated rings. The van der Waals surface area contributed by atoms with Crippen molar-refractivity contribution in [2.24, 2.45) is 0 Å². The van der Waals surface area contributed by atoms with Crippen LogP contribution in [-0.4, -0.2) is 34.9 Å². The van der Waals surface area contributed by atoms with Crippen LogP contribution in [0.2, 0.25) is 0 Å². The molecule has 1 saturated heterocycles. The number of aromatic nitrogens is 1. The molecule has 2 aliphatic rings. The molecule has 0 saturated carbocycles. The van der Waals surface area contributed by atoms with Gasteiger partial charge in [0.25, 0.3) is 0 Å². The highest BCUT2D eigenvalue weighted by atomic mass is 16.2. The Morgan fingerprint density at radius 3 is 2.80 bits per heavy atom. The largest absolute Gasteiger partial charge is 0.359 e. The minimum absolute atomic E-state index is 0.194. The van der Waals surface area contributed by atoms with E-state index in [1.54, 1.807) is 0 Å². The zero-order valence-electron chi connectivity index (χ0n) is 12.2. The van der Waals surface area contributed by atoms with Gasteiger partial charge in [0, 0.05) is 18.8 Å². The second-order valence-electron chi connectivity index (χ2n) is 5.91. The molecule has 1 aliphatic carbocycles. The maximum atomic E-state index is 12.4. The summed E-state index contributed by atoms with van der Waals surface area (Å²) in [5, 5.41) is 3.27. The van der Waals surface area contributed by atoms with Crippen LogP contribution in [0.5, 0.6) is 0 Å². The average molecular weight is 273 g/mol. The van der Waals surface area contributed by atoms with Crippen molar-refractivity contribution in [2.45, 2.75) is 51.5 Å². The Bertz CT molecular complexity index is 494. The lowest BCUT2D eigenvalue weighted by Crippen LogP contribution is -2.44. The lowest BCUT2D eigenvalue weighted by atomic mass is 10.1. The van der Waals surface area contributed by atoms with Crippen LogP contribution in [0, 0.1) is 0 Å². The molecular formula is C16H23N3O. The SMILES string of the molecule is CC(Nc1ccc2c(n1)CCC2)C(=O)N1CCCCC1. The fourth-order valence-corrected chi connectivity index (χ4v) is 3.17. The van der Waals surface area contributed by atoms with Gasteiger partial charge in [-0.15, -0.1) is 0 Å². The van der Waals surface area contributed by atoms with Gasteiger partial charge in [0.05, 0.1) is 0 Å². The Morgan fingerprint density at radius 1 is 1.20 bits per heavy atom. The summed E-state index contributed by atoms with van der Waals surface area (Å²) in [6.45, 7) is 3.75. The minimum atomic E-state index is -0.194. The number of anilines is 1. The highest BCUT2D eigenvalue weighted by molar-refractivity contribution is 5.84. The third kappa shape index (κ3) is 2.79. The molecule has 2 heterocycles. The molecule has 0 radical (unpaired) electrons. The van der Waals surface area contributed by atoms with E-state index in [0.29, 0.717) is 0 Å². The summed E-state index contributed by atoms with van der Waals surface area (Å²) in [5.41, 5.74) is 2.57. The van der Waals surface area contributed by atoms with Crippen LogP contribution >= 0.6 is 0 Å². The standard InChI is InChI=1S/C16H23N3O/c1-12(16(20)19-10-3-2-4-11-19)17-15-9-8-13-6-5-7-14(13)18-15/h8-9,12H,2-7,10-11H2,1H3,(H,17,18). The van der Waals surface area contributed by atoms with Gasteiger partial charge in [-0.05, 0) is 57.1 Å². The quantitative estimate of drug-likeness (QED) is 0.919. The molecule has 1 aliphatic heterocycles. The summed E-state index contributed by atoms with van der Waals surface area (Å²) in [6.07, 6.45) is 6.93. The molecule has 3 rings (SSSR count). The van der Waals surface area contributed by atoms with Crippen LogP contribution in [-0.2, 0) is 17.6 Å². The number of nitrogens with zero attached hydrogens (tertiary/aromatic N) is 2. The van der Waals surface area contributed by atoms with Crippen molar-refractivity contribution in [3.05, 3.63) is 23.4 Å². The smallest absolute Gasteiger partial charge is 0.244 e. The van der Waals surface area contributed by atoms with Crippen LogP contribution < -0.4 is 5.32 Å². The van der Waals surface area contributed by atoms with Crippen LogP contribution in [0.15, 0.2) is 12.1 Å². The predicted molar refractivity (Wildman–Crippen MR) is 79.8 cm³/mol. The second-order valence-corrected chi connectivity index (χ2v) is 5.91. The lowest BCUT2D eigenvalue weighted by Gasteiger charge is -2.29. The Kier molecular flexibility index (Phi) is 3.90. The Morgan fingerprint density at radius 2 is 2.00 bits per heavy atom. The van der Waals surface area contributed by atoms with Crippen LogP contribution in [0.1, 0.15) is 43.9 Å². The van der Waals surface area contributed by atoms with Crippen molar-refractivity contribution < 1.29 is 4.79 Å². The van der Waals surface area contributed by atoms with Crippen LogP contribution in [0.4, 0.5) is 5.82 Å². The van der Waals surface area contributed by atoms with Gasteiger partial charge in [-0.3, -0.25) is 4.79 Å². The normalized spacial score (nSPS) is 19.6. The van der Waals surface area contributed by atoms with E-state index in [4.69, 9.17) is 0 Å². The van der Waals surface area contributed by atoms with E-state index in [-0.39, 0.29) is 11.9 Å². The molecule has 0 bridgehead atoms. The molecule has 1 atom stereocenters. The number of fused-ring (bicyclic) bond motifs is 1. The number of carbonyl (C=O) groups excluding carboxylic acids is 1. The number of hydrogen-bond acceptors (Lipinski definition) is 3. The number of likely N-dealkylation sites (tertiary alicyclic amines) is 1. The van der Waals surface area contributed by atoms with Gasteiger partial charge < -0.3 is 10.2 Å². The molecule has 1 aromatic heterocycles. The molecule has 1 aromatic rings. The van der Waals surface area contributed by atoms with Gasteiger partial charge in [0.1, 0.15) is 11.9 Å². The molecule has 1 unspecified atom stereocenters. The Balaban J connectivity index is 1.63. The first-order valence-electron chi connectivity index (χ1n) is 7.78. The van der Waals surface area contributed by atoms with Crippen molar-refractivity contribution in [1.82, 2.24) is 9.88 Å². The third-order valence-electron chi connectivity index (χ3n) is 4.33. The number of nitrogens with one attached hydrogen (secondary N) is 1. The monoisotopic (exact) mass is 273 g/mol. The molecule has 4 nitrogen and oxygen atoms in total. The highest BCUT2D eigenvalue weighted by Gasteiger charge is 2.22. The average Bonchev–Trinajstić information content (AvgIpc) is 2.95. The summed E-state index contributed by atoms with van der Waals surface area (Å²) >= 11 is 0. The number of aryl methyl sites for hydroxylation is 2. The molecule has 108 valence electrons. The number of piperidine rings is 1. The van der Waals surface area contributed by atoms with E-state index >= 15 is 0 Å². The van der Waals surface area contributed by atoms with E-state index in [2.05, 4.69) is 16.4 Å². The topological polar surface area (TPSA) is 45.2 Å². The van der Waals surface area contributed by atoms with E-state index in [9.17, 15) is 4.79 Å². The fourth-order valence-electron chi connectivity index (χ4n) is 3.17. The zero-order valence-corrected chi connectivity index (χ0v) is 12.2. The van der Waals surface area contributed by atoms with Gasteiger partial charge in [-0.2, -0.15) is 0 Å². The van der Waals surface area contributed by atoms with E-state index in [1.165, 1.54) is 24.1 Å². The number of carbonyl (C=O) groups is 1. The van der Waals surface area contributed by atoms with Crippen molar-refractivity contribution in [3.8, 4) is 0 Å². The number of amides is 1. The van der Waals surface area contributed by atoms with Crippen molar-refractivity contribution >= 4 is 11.7 Å². The van der Waals surface area contributed by atoms with Gasteiger partial charge in [0.15, 0.2) is 0 Å². The maximum absolute atomic E-state index is 12.4. The van der Waals surface area contributed by atoms with E-state index in [0.717, 1.165) is 44.6 Å². The van der Waals surface area contributed by atoms with Crippen molar-refractivity contribution in [3.63, 3.8) is 0 Å². The highest BCUT2D eigenvalue weighted by Crippen LogP contribution is 2.22. The Labute approximate surface area is 120 Å². The molecule has 1 N–H and O–H groups in total. The number of pyridine rings is 1. The first-order chi connectivity index (χ1) is 9.74. The minimum Gasteiger partial charge on any atom is -0.359 e. The van der Waals surface area contributed by atoms with Crippen molar-refractivity contribution in [2.75, 3.05) is 18.4 Å². The van der Waals surface area contributed by atoms with Gasteiger partial charge in [-0.1, -0.05) is 6.07 Å². The first kappa shape index (κ1) is 13.4. The van der Waals surface area contributed by atoms with Crippen LogP contribution in [0.3, 0.4) is 0 Å². The summed E-state index contributed by atoms with van der Waals surface area (Å²) < 4.78 is 0. The number of rotatable bonds is 3. The molecule has 0 aromatic carbocycles.